The van der Waals surface area contributed by atoms with Crippen molar-refractivity contribution in [2.45, 2.75) is 24.3 Å². The third kappa shape index (κ3) is 3.60. The van der Waals surface area contributed by atoms with Crippen molar-refractivity contribution in [1.82, 2.24) is 0 Å². The Labute approximate surface area is 152 Å². The Morgan fingerprint density at radius 3 is 2.64 bits per heavy atom. The number of halogens is 1. The average molecular weight is 384 g/mol. The molecule has 1 aliphatic rings. The van der Waals surface area contributed by atoms with Crippen LogP contribution in [0.1, 0.15) is 17.5 Å². The normalized spacial score (nSPS) is 13.7. The van der Waals surface area contributed by atoms with Crippen molar-refractivity contribution in [3.63, 3.8) is 0 Å². The smallest absolute Gasteiger partial charge is 0.270 e. The third-order valence-electron chi connectivity index (χ3n) is 4.07. The minimum absolute atomic E-state index is 0. The van der Waals surface area contributed by atoms with E-state index in [9.17, 15) is 18.5 Å². The van der Waals surface area contributed by atoms with Crippen molar-refractivity contribution in [2.75, 3.05) is 10.8 Å². The predicted octanol–water partition coefficient (Wildman–Crippen LogP) is 2.62. The first-order valence-electron chi connectivity index (χ1n) is 7.52. The van der Waals surface area contributed by atoms with Crippen LogP contribution in [-0.2, 0) is 23.0 Å². The van der Waals surface area contributed by atoms with Crippen LogP contribution in [0.4, 0.5) is 11.4 Å². The average Bonchev–Trinajstić information content (AvgIpc) is 2.60. The summed E-state index contributed by atoms with van der Waals surface area (Å²) in [4.78, 5) is 10.2. The topological polar surface area (TPSA) is 107 Å². The number of benzene rings is 2. The van der Waals surface area contributed by atoms with Crippen molar-refractivity contribution in [3.05, 3.63) is 63.7 Å². The molecule has 0 bridgehead atoms. The number of sulfonamides is 1. The largest absolute Gasteiger partial charge is 0.326 e. The van der Waals surface area contributed by atoms with Crippen LogP contribution in [0.3, 0.4) is 0 Å². The van der Waals surface area contributed by atoms with Gasteiger partial charge in [-0.05, 0) is 36.1 Å². The van der Waals surface area contributed by atoms with E-state index in [1.165, 1.54) is 22.5 Å². The zero-order chi connectivity index (χ0) is 17.3. The molecule has 3 rings (SSSR count). The minimum Gasteiger partial charge on any atom is -0.326 e. The molecule has 0 atom stereocenters. The number of fused-ring (bicyclic) bond motifs is 1. The second kappa shape index (κ2) is 7.38. The van der Waals surface area contributed by atoms with E-state index in [-0.39, 0.29) is 23.0 Å². The van der Waals surface area contributed by atoms with Gasteiger partial charge in [0.2, 0.25) is 0 Å². The van der Waals surface area contributed by atoms with Crippen LogP contribution in [0.5, 0.6) is 0 Å². The lowest BCUT2D eigenvalue weighted by molar-refractivity contribution is -0.385. The first-order chi connectivity index (χ1) is 11.4. The monoisotopic (exact) mass is 383 g/mol. The molecule has 9 heteroatoms. The van der Waals surface area contributed by atoms with E-state index in [1.54, 1.807) is 12.1 Å². The van der Waals surface area contributed by atoms with E-state index in [0.717, 1.165) is 23.6 Å². The van der Waals surface area contributed by atoms with E-state index in [1.807, 2.05) is 6.07 Å². The molecule has 2 aromatic carbocycles. The van der Waals surface area contributed by atoms with E-state index in [4.69, 9.17) is 5.73 Å². The Kier molecular flexibility index (Phi) is 5.66. The highest BCUT2D eigenvalue weighted by molar-refractivity contribution is 7.92. The van der Waals surface area contributed by atoms with Gasteiger partial charge in [-0.15, -0.1) is 12.4 Å². The Morgan fingerprint density at radius 2 is 1.96 bits per heavy atom. The van der Waals surface area contributed by atoms with Gasteiger partial charge in [-0.25, -0.2) is 8.42 Å². The van der Waals surface area contributed by atoms with Gasteiger partial charge in [-0.1, -0.05) is 18.2 Å². The maximum absolute atomic E-state index is 13.0. The molecule has 1 aliphatic heterocycles. The Morgan fingerprint density at radius 1 is 1.20 bits per heavy atom. The maximum Gasteiger partial charge on any atom is 0.270 e. The predicted molar refractivity (Wildman–Crippen MR) is 97.5 cm³/mol. The number of nitrogens with zero attached hydrogens (tertiary/aromatic N) is 2. The minimum atomic E-state index is -3.85. The van der Waals surface area contributed by atoms with Gasteiger partial charge in [0.1, 0.15) is 0 Å². The highest BCUT2D eigenvalue weighted by Crippen LogP contribution is 2.33. The molecular formula is C16H18ClN3O4S. The van der Waals surface area contributed by atoms with Crippen LogP contribution >= 0.6 is 12.4 Å². The molecule has 7 nitrogen and oxygen atoms in total. The lowest BCUT2D eigenvalue weighted by atomic mass is 10.0. The van der Waals surface area contributed by atoms with E-state index in [2.05, 4.69) is 0 Å². The molecule has 25 heavy (non-hydrogen) atoms. The number of nitrogens with two attached hydrogens (primary N) is 1. The summed E-state index contributed by atoms with van der Waals surface area (Å²) in [5, 5.41) is 10.9. The number of aryl methyl sites for hydroxylation is 1. The fourth-order valence-corrected chi connectivity index (χ4v) is 4.46. The van der Waals surface area contributed by atoms with Crippen molar-refractivity contribution >= 4 is 33.8 Å². The Hall–Kier alpha value is -2.16. The Bertz CT molecular complexity index is 902. The van der Waals surface area contributed by atoms with Crippen LogP contribution in [0.25, 0.3) is 0 Å². The summed E-state index contributed by atoms with van der Waals surface area (Å²) >= 11 is 0. The number of rotatable bonds is 4. The second-order valence-electron chi connectivity index (χ2n) is 5.60. The molecule has 0 aromatic heterocycles. The van der Waals surface area contributed by atoms with Gasteiger partial charge < -0.3 is 5.73 Å². The zero-order valence-corrected chi connectivity index (χ0v) is 14.9. The lowest BCUT2D eigenvalue weighted by Gasteiger charge is -2.30. The molecule has 0 saturated heterocycles. The molecule has 0 amide bonds. The second-order valence-corrected chi connectivity index (χ2v) is 7.46. The number of hydrogen-bond acceptors (Lipinski definition) is 5. The standard InChI is InChI=1S/C16H17N3O4S.ClH/c17-11-12-6-7-16-13(9-12)3-2-8-18(16)24(22,23)15-5-1-4-14(10-15)19(20)21;/h1,4-7,9-10H,2-3,8,11,17H2;1H. The van der Waals surface area contributed by atoms with Crippen molar-refractivity contribution in [2.24, 2.45) is 5.73 Å². The van der Waals surface area contributed by atoms with Gasteiger partial charge in [0, 0.05) is 25.2 Å². The van der Waals surface area contributed by atoms with Gasteiger partial charge in [0.05, 0.1) is 15.5 Å². The van der Waals surface area contributed by atoms with Crippen molar-refractivity contribution in [3.8, 4) is 0 Å². The molecule has 134 valence electrons. The summed E-state index contributed by atoms with van der Waals surface area (Å²) < 4.78 is 27.2. The summed E-state index contributed by atoms with van der Waals surface area (Å²) in [7, 11) is -3.85. The molecule has 0 aliphatic carbocycles. The molecule has 0 radical (unpaired) electrons. The number of nitro groups is 1. The molecule has 2 N–H and O–H groups in total. The third-order valence-corrected chi connectivity index (χ3v) is 5.88. The van der Waals surface area contributed by atoms with E-state index in [0.29, 0.717) is 25.2 Å². The van der Waals surface area contributed by atoms with Gasteiger partial charge in [-0.3, -0.25) is 14.4 Å². The highest BCUT2D eigenvalue weighted by atomic mass is 35.5. The number of nitro benzene ring substituents is 1. The van der Waals surface area contributed by atoms with Gasteiger partial charge in [0.15, 0.2) is 0 Å². The van der Waals surface area contributed by atoms with Crippen LogP contribution in [-0.4, -0.2) is 19.9 Å². The molecule has 0 unspecified atom stereocenters. The van der Waals surface area contributed by atoms with E-state index < -0.39 is 14.9 Å². The number of non-ortho nitro benzene ring substituents is 1. The summed E-state index contributed by atoms with van der Waals surface area (Å²) in [5.41, 5.74) is 7.89. The first-order valence-corrected chi connectivity index (χ1v) is 8.96. The number of anilines is 1. The summed E-state index contributed by atoms with van der Waals surface area (Å²) in [6, 6.07) is 10.6. The van der Waals surface area contributed by atoms with Crippen molar-refractivity contribution in [1.29, 1.82) is 0 Å². The first kappa shape index (κ1) is 19.2. The Balaban J connectivity index is 0.00000225. The van der Waals surface area contributed by atoms with E-state index >= 15 is 0 Å². The highest BCUT2D eigenvalue weighted by Gasteiger charge is 2.30. The zero-order valence-electron chi connectivity index (χ0n) is 13.3. The molecule has 1 heterocycles. The molecule has 2 aromatic rings. The fourth-order valence-electron chi connectivity index (χ4n) is 2.88. The fraction of sp³-hybridized carbons (Fsp3) is 0.250. The SMILES string of the molecule is Cl.NCc1ccc2c(c1)CCCN2S(=O)(=O)c1cccc([N+](=O)[O-])c1. The van der Waals surface area contributed by atoms with Gasteiger partial charge in [-0.2, -0.15) is 0 Å². The molecular weight excluding hydrogens is 366 g/mol. The lowest BCUT2D eigenvalue weighted by Crippen LogP contribution is -2.35. The summed E-state index contributed by atoms with van der Waals surface area (Å²) in [6.45, 7) is 0.741. The molecule has 0 saturated carbocycles. The van der Waals surface area contributed by atoms with Crippen molar-refractivity contribution < 1.29 is 13.3 Å². The number of hydrogen-bond donors (Lipinski definition) is 1. The quantitative estimate of drug-likeness (QED) is 0.645. The molecule has 0 fully saturated rings. The van der Waals surface area contributed by atoms with Crippen LogP contribution in [0.2, 0.25) is 0 Å². The maximum atomic E-state index is 13.0. The van der Waals surface area contributed by atoms with Crippen LogP contribution in [0, 0.1) is 10.1 Å². The summed E-state index contributed by atoms with van der Waals surface area (Å²) in [5.74, 6) is 0. The van der Waals surface area contributed by atoms with Gasteiger partial charge >= 0.3 is 0 Å². The summed E-state index contributed by atoms with van der Waals surface area (Å²) in [6.07, 6.45) is 1.47. The van der Waals surface area contributed by atoms with Crippen LogP contribution < -0.4 is 10.0 Å². The van der Waals surface area contributed by atoms with Crippen LogP contribution in [0.15, 0.2) is 47.4 Å². The molecule has 0 spiro atoms. The van der Waals surface area contributed by atoms with Gasteiger partial charge in [0.25, 0.3) is 15.7 Å².